The number of carbonyl (C=O) groups excluding carboxylic acids is 1. The van der Waals surface area contributed by atoms with E-state index in [1.165, 1.54) is 0 Å². The molecule has 0 saturated carbocycles. The molecular weight excluding hydrogens is 238 g/mol. The van der Waals surface area contributed by atoms with E-state index in [0.717, 1.165) is 11.3 Å². The summed E-state index contributed by atoms with van der Waals surface area (Å²) in [4.78, 5) is 19.9. The van der Waals surface area contributed by atoms with E-state index in [-0.39, 0.29) is 5.78 Å². The first-order valence-electron chi connectivity index (χ1n) is 6.01. The molecule has 4 heteroatoms. The second kappa shape index (κ2) is 6.44. The topological polar surface area (TPSA) is 54.9 Å². The van der Waals surface area contributed by atoms with E-state index in [4.69, 9.17) is 0 Å². The van der Waals surface area contributed by atoms with Gasteiger partial charge in [0, 0.05) is 48.7 Å². The fourth-order valence-electron chi connectivity index (χ4n) is 1.58. The maximum Gasteiger partial charge on any atom is 0.189 e. The number of ketones is 1. The molecule has 0 spiro atoms. The van der Waals surface area contributed by atoms with Crippen molar-refractivity contribution in [1.82, 2.24) is 15.3 Å². The number of carbonyl (C=O) groups is 1. The summed E-state index contributed by atoms with van der Waals surface area (Å²) >= 11 is 0. The molecule has 0 atom stereocenters. The molecule has 0 aliphatic rings. The smallest absolute Gasteiger partial charge is 0.189 e. The van der Waals surface area contributed by atoms with Gasteiger partial charge in [-0.15, -0.1) is 0 Å². The van der Waals surface area contributed by atoms with Crippen molar-refractivity contribution < 1.29 is 4.79 Å². The number of rotatable bonds is 5. The molecule has 2 rings (SSSR count). The predicted molar refractivity (Wildman–Crippen MR) is 73.4 cm³/mol. The first kappa shape index (κ1) is 13.0. The predicted octanol–water partition coefficient (Wildman–Crippen LogP) is 2.35. The summed E-state index contributed by atoms with van der Waals surface area (Å²) in [5.74, 6) is -0.0516. The Labute approximate surface area is 112 Å². The van der Waals surface area contributed by atoms with Crippen LogP contribution < -0.4 is 5.32 Å². The quantitative estimate of drug-likeness (QED) is 0.656. The molecule has 0 fully saturated rings. The number of pyridine rings is 2. The highest BCUT2D eigenvalue weighted by Gasteiger charge is 2.02. The summed E-state index contributed by atoms with van der Waals surface area (Å²) < 4.78 is 0. The molecule has 96 valence electrons. The third-order valence-corrected chi connectivity index (χ3v) is 2.59. The highest BCUT2D eigenvalue weighted by Crippen LogP contribution is 2.02. The highest BCUT2D eigenvalue weighted by molar-refractivity contribution is 6.04. The number of nitrogens with zero attached hydrogens (tertiary/aromatic N) is 2. The molecule has 19 heavy (non-hydrogen) atoms. The lowest BCUT2D eigenvalue weighted by molar-refractivity contribution is 0.104. The molecule has 2 aromatic heterocycles. The summed E-state index contributed by atoms with van der Waals surface area (Å²) in [5, 5.41) is 3.18. The summed E-state index contributed by atoms with van der Waals surface area (Å²) in [6, 6.07) is 7.37. The number of allylic oxidation sites excluding steroid dienone is 2. The molecule has 0 bridgehead atoms. The summed E-state index contributed by atoms with van der Waals surface area (Å²) in [6.45, 7) is 2.52. The largest absolute Gasteiger partial charge is 0.384 e. The van der Waals surface area contributed by atoms with Crippen LogP contribution in [0.5, 0.6) is 0 Å². The Hall–Kier alpha value is -2.49. The van der Waals surface area contributed by atoms with Crippen molar-refractivity contribution in [2.45, 2.75) is 13.5 Å². The zero-order valence-electron chi connectivity index (χ0n) is 10.7. The molecule has 2 aromatic rings. The van der Waals surface area contributed by atoms with Gasteiger partial charge in [0.15, 0.2) is 5.78 Å². The Balaban J connectivity index is 1.94. The summed E-state index contributed by atoms with van der Waals surface area (Å²) in [6.07, 6.45) is 8.32. The van der Waals surface area contributed by atoms with E-state index in [0.29, 0.717) is 12.1 Å². The van der Waals surface area contributed by atoms with Crippen molar-refractivity contribution in [2.75, 3.05) is 0 Å². The number of hydrogen-bond donors (Lipinski definition) is 1. The molecule has 0 aromatic carbocycles. The van der Waals surface area contributed by atoms with E-state index in [1.54, 1.807) is 43.0 Å². The van der Waals surface area contributed by atoms with Crippen LogP contribution in [-0.4, -0.2) is 15.8 Å². The van der Waals surface area contributed by atoms with Crippen LogP contribution in [0.3, 0.4) is 0 Å². The summed E-state index contributed by atoms with van der Waals surface area (Å²) in [7, 11) is 0. The van der Waals surface area contributed by atoms with Gasteiger partial charge >= 0.3 is 0 Å². The Morgan fingerprint density at radius 3 is 2.58 bits per heavy atom. The molecule has 0 amide bonds. The molecular formula is C15H15N3O. The maximum absolute atomic E-state index is 11.9. The average molecular weight is 253 g/mol. The van der Waals surface area contributed by atoms with Crippen molar-refractivity contribution >= 4 is 5.78 Å². The second-order valence-electron chi connectivity index (χ2n) is 4.15. The van der Waals surface area contributed by atoms with E-state index < -0.39 is 0 Å². The normalized spacial score (nSPS) is 11.1. The van der Waals surface area contributed by atoms with Crippen molar-refractivity contribution in [2.24, 2.45) is 0 Å². The lowest BCUT2D eigenvalue weighted by Crippen LogP contribution is -2.12. The zero-order chi connectivity index (χ0) is 13.5. The van der Waals surface area contributed by atoms with Gasteiger partial charge in [-0.25, -0.2) is 0 Å². The second-order valence-corrected chi connectivity index (χ2v) is 4.15. The number of nitrogens with one attached hydrogen (secondary N) is 1. The van der Waals surface area contributed by atoms with Gasteiger partial charge in [0.2, 0.25) is 0 Å². The lowest BCUT2D eigenvalue weighted by Gasteiger charge is -2.06. The Bertz CT molecular complexity index is 564. The highest BCUT2D eigenvalue weighted by atomic mass is 16.1. The van der Waals surface area contributed by atoms with Gasteiger partial charge in [0.25, 0.3) is 0 Å². The van der Waals surface area contributed by atoms with Gasteiger partial charge in [-0.05, 0) is 30.7 Å². The lowest BCUT2D eigenvalue weighted by atomic mass is 10.1. The van der Waals surface area contributed by atoms with Crippen LogP contribution in [0.4, 0.5) is 0 Å². The maximum atomic E-state index is 11.9. The third kappa shape index (κ3) is 4.03. The van der Waals surface area contributed by atoms with Crippen LogP contribution in [0.1, 0.15) is 22.8 Å². The SMILES string of the molecule is CC(=CC(=O)c1cccnc1)NCc1cccnc1. The fourth-order valence-corrected chi connectivity index (χ4v) is 1.58. The molecule has 4 nitrogen and oxygen atoms in total. The molecule has 2 heterocycles. The molecule has 1 N–H and O–H groups in total. The minimum atomic E-state index is -0.0516. The Morgan fingerprint density at radius 1 is 1.21 bits per heavy atom. The van der Waals surface area contributed by atoms with Gasteiger partial charge in [-0.3, -0.25) is 14.8 Å². The van der Waals surface area contributed by atoms with E-state index in [9.17, 15) is 4.79 Å². The van der Waals surface area contributed by atoms with Crippen molar-refractivity contribution in [3.05, 3.63) is 72.0 Å². The van der Waals surface area contributed by atoms with Crippen LogP contribution in [-0.2, 0) is 6.54 Å². The van der Waals surface area contributed by atoms with E-state index in [2.05, 4.69) is 15.3 Å². The van der Waals surface area contributed by atoms with Crippen molar-refractivity contribution in [3.63, 3.8) is 0 Å². The number of hydrogen-bond acceptors (Lipinski definition) is 4. The molecule has 0 saturated heterocycles. The minimum absolute atomic E-state index is 0.0516. The van der Waals surface area contributed by atoms with E-state index >= 15 is 0 Å². The van der Waals surface area contributed by atoms with Gasteiger partial charge in [0.1, 0.15) is 0 Å². The van der Waals surface area contributed by atoms with Crippen LogP contribution in [0.25, 0.3) is 0 Å². The molecule has 0 aliphatic carbocycles. The first-order valence-corrected chi connectivity index (χ1v) is 6.01. The van der Waals surface area contributed by atoms with Crippen molar-refractivity contribution in [3.8, 4) is 0 Å². The molecule has 0 unspecified atom stereocenters. The summed E-state index contributed by atoms with van der Waals surface area (Å²) in [5.41, 5.74) is 2.48. The van der Waals surface area contributed by atoms with Crippen LogP contribution in [0.2, 0.25) is 0 Å². The number of aromatic nitrogens is 2. The van der Waals surface area contributed by atoms with Crippen LogP contribution in [0.15, 0.2) is 60.8 Å². The average Bonchev–Trinajstić information content (AvgIpc) is 2.47. The monoisotopic (exact) mass is 253 g/mol. The minimum Gasteiger partial charge on any atom is -0.384 e. The first-order chi connectivity index (χ1) is 9.25. The molecule has 0 aliphatic heterocycles. The fraction of sp³-hybridized carbons (Fsp3) is 0.133. The van der Waals surface area contributed by atoms with Gasteiger partial charge in [0.05, 0.1) is 0 Å². The third-order valence-electron chi connectivity index (χ3n) is 2.59. The standard InChI is InChI=1S/C15H15N3O/c1-12(18-10-13-4-2-6-16-9-13)8-15(19)14-5-3-7-17-11-14/h2-9,11,18H,10H2,1H3. The van der Waals surface area contributed by atoms with Crippen LogP contribution in [0, 0.1) is 0 Å². The zero-order valence-corrected chi connectivity index (χ0v) is 10.7. The van der Waals surface area contributed by atoms with E-state index in [1.807, 2.05) is 19.1 Å². The van der Waals surface area contributed by atoms with Crippen molar-refractivity contribution in [1.29, 1.82) is 0 Å². The van der Waals surface area contributed by atoms with Crippen LogP contribution >= 0.6 is 0 Å². The Morgan fingerprint density at radius 2 is 1.95 bits per heavy atom. The molecule has 0 radical (unpaired) electrons. The van der Waals surface area contributed by atoms with Gasteiger partial charge in [-0.1, -0.05) is 6.07 Å². The van der Waals surface area contributed by atoms with Gasteiger partial charge < -0.3 is 5.32 Å². The van der Waals surface area contributed by atoms with Gasteiger partial charge in [-0.2, -0.15) is 0 Å². The Kier molecular flexibility index (Phi) is 4.39.